The van der Waals surface area contributed by atoms with Crippen molar-refractivity contribution in [1.82, 2.24) is 15.0 Å². The summed E-state index contributed by atoms with van der Waals surface area (Å²) in [6.07, 6.45) is 4.82. The Morgan fingerprint density at radius 3 is 2.73 bits per heavy atom. The lowest BCUT2D eigenvalue weighted by Gasteiger charge is -2.17. The molecule has 0 bridgehead atoms. The second-order valence-electron chi connectivity index (χ2n) is 9.81. The van der Waals surface area contributed by atoms with E-state index in [2.05, 4.69) is 24.7 Å². The van der Waals surface area contributed by atoms with Crippen LogP contribution in [0.4, 0.5) is 15.9 Å². The van der Waals surface area contributed by atoms with Crippen molar-refractivity contribution in [3.63, 3.8) is 0 Å². The summed E-state index contributed by atoms with van der Waals surface area (Å²) in [5, 5.41) is 5.32. The number of benzene rings is 3. The Balaban J connectivity index is 1.34. The maximum atomic E-state index is 13.4. The molecule has 2 aromatic heterocycles. The van der Waals surface area contributed by atoms with Crippen LogP contribution >= 0.6 is 22.9 Å². The molecule has 2 heterocycles. The van der Waals surface area contributed by atoms with E-state index in [1.807, 2.05) is 45.0 Å². The fourth-order valence-electron chi connectivity index (χ4n) is 3.65. The molecule has 0 aliphatic carbocycles. The van der Waals surface area contributed by atoms with Gasteiger partial charge < -0.3 is 14.6 Å². The number of ether oxygens (including phenoxy) is 1. The molecule has 5 rings (SSSR count). The third-order valence-electron chi connectivity index (χ3n) is 5.68. The van der Waals surface area contributed by atoms with Crippen molar-refractivity contribution in [2.45, 2.75) is 32.1 Å². The first-order chi connectivity index (χ1) is 19.2. The van der Waals surface area contributed by atoms with E-state index in [0.29, 0.717) is 27.8 Å². The van der Waals surface area contributed by atoms with Crippen molar-refractivity contribution in [2.75, 3.05) is 5.32 Å². The van der Waals surface area contributed by atoms with E-state index in [0.717, 1.165) is 26.4 Å². The number of aromatic nitrogens is 3. The first-order valence-corrected chi connectivity index (χ1v) is 14.6. The number of rotatable bonds is 8. The normalized spacial score (nSPS) is 12.7. The minimum absolute atomic E-state index is 0.197. The van der Waals surface area contributed by atoms with Crippen LogP contribution < -0.4 is 10.1 Å². The molecule has 0 radical (unpaired) electrons. The highest BCUT2D eigenvalue weighted by Gasteiger charge is 2.26. The second-order valence-corrected chi connectivity index (χ2v) is 13.2. The zero-order valence-electron chi connectivity index (χ0n) is 21.9. The third kappa shape index (κ3) is 6.76. The Morgan fingerprint density at radius 2 is 1.95 bits per heavy atom. The summed E-state index contributed by atoms with van der Waals surface area (Å²) in [6.45, 7) is 5.84. The highest BCUT2D eigenvalue weighted by atomic mass is 35.5. The number of hydrogen-bond donors (Lipinski definition) is 1. The molecule has 0 saturated carbocycles. The quantitative estimate of drug-likeness (QED) is 0.146. The molecule has 0 spiro atoms. The van der Waals surface area contributed by atoms with E-state index in [9.17, 15) is 8.94 Å². The average molecular weight is 594 g/mol. The molecule has 0 aliphatic rings. The fraction of sp³-hybridized carbons (Fsp3) is 0.172. The van der Waals surface area contributed by atoms with Crippen LogP contribution in [0.3, 0.4) is 0 Å². The van der Waals surface area contributed by atoms with Gasteiger partial charge in [0.25, 0.3) is 0 Å². The Morgan fingerprint density at radius 1 is 1.10 bits per heavy atom. The van der Waals surface area contributed by atoms with Crippen molar-refractivity contribution < 1.29 is 13.7 Å². The second kappa shape index (κ2) is 11.9. The van der Waals surface area contributed by atoms with Gasteiger partial charge in [-0.1, -0.05) is 28.1 Å². The zero-order valence-corrected chi connectivity index (χ0v) is 24.3. The molecule has 5 aromatic rings. The molecule has 0 saturated heterocycles. The van der Waals surface area contributed by atoms with E-state index in [1.54, 1.807) is 36.7 Å². The van der Waals surface area contributed by atoms with Crippen LogP contribution in [-0.2, 0) is 18.0 Å². The summed E-state index contributed by atoms with van der Waals surface area (Å²) in [6, 6.07) is 17.4. The minimum atomic E-state index is -1.34. The lowest BCUT2D eigenvalue weighted by atomic mass is 10.1. The molecule has 7 nitrogen and oxygen atoms in total. The summed E-state index contributed by atoms with van der Waals surface area (Å²) in [7, 11) is 0. The van der Waals surface area contributed by atoms with Crippen molar-refractivity contribution in [1.29, 1.82) is 0 Å². The minimum Gasteiger partial charge on any atom is -0.591 e. The lowest BCUT2D eigenvalue weighted by molar-refractivity contribution is 0.306. The van der Waals surface area contributed by atoms with E-state index < -0.39 is 16.1 Å². The van der Waals surface area contributed by atoms with E-state index >= 15 is 0 Å². The van der Waals surface area contributed by atoms with Gasteiger partial charge in [0, 0.05) is 22.8 Å². The molecular formula is C29H25ClFN5O2S2. The number of fused-ring (bicyclic) bond motifs is 1. The number of nitrogens with zero attached hydrogens (tertiary/aromatic N) is 4. The van der Waals surface area contributed by atoms with Crippen molar-refractivity contribution in [3.8, 4) is 16.3 Å². The van der Waals surface area contributed by atoms with Crippen LogP contribution in [0.1, 0.15) is 31.2 Å². The largest absolute Gasteiger partial charge is 0.591 e. The standard InChI is InChI=1S/C29H25ClFN5O2S2/c1-29(2,3)40(37)35-15-22-14-32-28(39-22)19-7-9-25-23(12-19)27(34-17-33-25)36-21-8-10-26(24(30)13-21)38-16-18-5-4-6-20(31)11-18/h4-15,17H,16H2,1-3H3,(H,33,34,36). The molecule has 0 fully saturated rings. The van der Waals surface area contributed by atoms with Gasteiger partial charge in [-0.3, -0.25) is 0 Å². The van der Waals surface area contributed by atoms with Crippen molar-refractivity contribution >= 4 is 62.9 Å². The number of anilines is 2. The SMILES string of the molecule is CC(C)(C)[S+]([O-])N=Cc1cnc(-c2ccc3ncnc(Nc4ccc(OCc5cccc(F)c5)c(Cl)c4)c3c2)s1. The van der Waals surface area contributed by atoms with Crippen LogP contribution in [0.5, 0.6) is 5.75 Å². The average Bonchev–Trinajstić information content (AvgIpc) is 3.40. The predicted molar refractivity (Wildman–Crippen MR) is 162 cm³/mol. The van der Waals surface area contributed by atoms with Crippen LogP contribution in [-0.4, -0.2) is 30.5 Å². The lowest BCUT2D eigenvalue weighted by Crippen LogP contribution is -2.25. The Kier molecular flexibility index (Phi) is 8.32. The van der Waals surface area contributed by atoms with Gasteiger partial charge in [0.2, 0.25) is 0 Å². The highest BCUT2D eigenvalue weighted by molar-refractivity contribution is 7.91. The summed E-state index contributed by atoms with van der Waals surface area (Å²) in [5.74, 6) is 0.779. The molecule has 1 unspecified atom stereocenters. The van der Waals surface area contributed by atoms with Crippen LogP contribution in [0.25, 0.3) is 21.5 Å². The van der Waals surface area contributed by atoms with Crippen LogP contribution in [0.15, 0.2) is 77.6 Å². The Labute approximate surface area is 243 Å². The molecule has 204 valence electrons. The molecule has 0 aliphatic heterocycles. The summed E-state index contributed by atoms with van der Waals surface area (Å²) in [5.41, 5.74) is 3.08. The molecule has 11 heteroatoms. The van der Waals surface area contributed by atoms with E-state index in [4.69, 9.17) is 16.3 Å². The zero-order chi connectivity index (χ0) is 28.3. The molecule has 3 aromatic carbocycles. The van der Waals surface area contributed by atoms with Gasteiger partial charge in [-0.2, -0.15) is 0 Å². The smallest absolute Gasteiger partial charge is 0.144 e. The highest BCUT2D eigenvalue weighted by Crippen LogP contribution is 2.33. The van der Waals surface area contributed by atoms with Crippen molar-refractivity contribution in [2.24, 2.45) is 4.40 Å². The number of halogens is 2. The molecule has 1 atom stereocenters. The van der Waals surface area contributed by atoms with Gasteiger partial charge in [-0.25, -0.2) is 19.3 Å². The number of nitrogens with one attached hydrogen (secondary N) is 1. The van der Waals surface area contributed by atoms with Gasteiger partial charge in [0.05, 0.1) is 21.6 Å². The Bertz CT molecular complexity index is 1690. The summed E-state index contributed by atoms with van der Waals surface area (Å²) in [4.78, 5) is 14.2. The first kappa shape index (κ1) is 28.0. The molecule has 1 N–H and O–H groups in total. The van der Waals surface area contributed by atoms with Gasteiger partial charge >= 0.3 is 0 Å². The third-order valence-corrected chi connectivity index (χ3v) is 8.30. The van der Waals surface area contributed by atoms with Gasteiger partial charge in [0.15, 0.2) is 0 Å². The molecule has 40 heavy (non-hydrogen) atoms. The van der Waals surface area contributed by atoms with Crippen LogP contribution in [0.2, 0.25) is 5.02 Å². The van der Waals surface area contributed by atoms with Crippen LogP contribution in [0, 0.1) is 5.82 Å². The predicted octanol–water partition coefficient (Wildman–Crippen LogP) is 7.75. The van der Waals surface area contributed by atoms with E-state index in [-0.39, 0.29) is 12.4 Å². The summed E-state index contributed by atoms with van der Waals surface area (Å²) < 4.78 is 35.2. The maximum Gasteiger partial charge on any atom is 0.144 e. The van der Waals surface area contributed by atoms with Crippen molar-refractivity contribution in [3.05, 3.63) is 94.5 Å². The monoisotopic (exact) mass is 593 g/mol. The topological polar surface area (TPSA) is 95.4 Å². The number of hydrogen-bond acceptors (Lipinski definition) is 8. The van der Waals surface area contributed by atoms with Gasteiger partial charge in [-0.05, 0) is 74.9 Å². The number of thiazole rings is 1. The fourth-order valence-corrected chi connectivity index (χ4v) is 5.26. The maximum absolute atomic E-state index is 13.4. The molecular weight excluding hydrogens is 569 g/mol. The van der Waals surface area contributed by atoms with E-state index in [1.165, 1.54) is 29.8 Å². The molecule has 0 amide bonds. The van der Waals surface area contributed by atoms with Gasteiger partial charge in [-0.15, -0.1) is 11.3 Å². The van der Waals surface area contributed by atoms with Gasteiger partial charge in [0.1, 0.15) is 51.4 Å². The summed E-state index contributed by atoms with van der Waals surface area (Å²) >= 11 is 6.60. The first-order valence-electron chi connectivity index (χ1n) is 12.3. The Hall–Kier alpha value is -3.57.